The van der Waals surface area contributed by atoms with Gasteiger partial charge in [0.1, 0.15) is 6.10 Å². The van der Waals surface area contributed by atoms with Gasteiger partial charge in [-0.25, -0.2) is 4.79 Å². The second-order valence-electron chi connectivity index (χ2n) is 5.00. The summed E-state index contributed by atoms with van der Waals surface area (Å²) in [5.74, 6) is -1.28. The van der Waals surface area contributed by atoms with Gasteiger partial charge >= 0.3 is 5.97 Å². The Hall–Kier alpha value is -1.92. The van der Waals surface area contributed by atoms with Crippen molar-refractivity contribution in [2.75, 3.05) is 7.11 Å². The molecule has 1 aromatic rings. The number of nitrogens with one attached hydrogen (secondary N) is 1. The molecule has 0 bridgehead atoms. The molecule has 6 nitrogen and oxygen atoms in total. The van der Waals surface area contributed by atoms with Gasteiger partial charge in [0.05, 0.1) is 6.61 Å². The number of hydrogen-bond acceptors (Lipinski definition) is 4. The molecule has 1 aliphatic heterocycles. The van der Waals surface area contributed by atoms with Crippen molar-refractivity contribution in [3.63, 3.8) is 0 Å². The minimum absolute atomic E-state index is 0.264. The molecule has 0 radical (unpaired) electrons. The first-order valence-corrected chi connectivity index (χ1v) is 6.83. The van der Waals surface area contributed by atoms with Crippen LogP contribution in [0.25, 0.3) is 0 Å². The van der Waals surface area contributed by atoms with E-state index in [1.54, 1.807) is 7.11 Å². The van der Waals surface area contributed by atoms with Crippen LogP contribution in [0.1, 0.15) is 24.0 Å². The SMILES string of the molecule is COCc1ccc(CNC(=O)[C@@H]2CC[C@H](C(=O)O)O2)cc1. The Morgan fingerprint density at radius 1 is 1.24 bits per heavy atom. The van der Waals surface area contributed by atoms with Crippen LogP contribution in [0.2, 0.25) is 0 Å². The number of rotatable bonds is 6. The molecular weight excluding hydrogens is 274 g/mol. The van der Waals surface area contributed by atoms with E-state index in [9.17, 15) is 9.59 Å². The summed E-state index contributed by atoms with van der Waals surface area (Å²) in [6.45, 7) is 0.947. The van der Waals surface area contributed by atoms with Gasteiger partial charge in [-0.2, -0.15) is 0 Å². The Morgan fingerprint density at radius 3 is 2.43 bits per heavy atom. The maximum Gasteiger partial charge on any atom is 0.332 e. The lowest BCUT2D eigenvalue weighted by molar-refractivity contribution is -0.151. The predicted octanol–water partition coefficient (Wildman–Crippen LogP) is 1.08. The molecule has 1 aromatic carbocycles. The highest BCUT2D eigenvalue weighted by molar-refractivity contribution is 5.82. The molecule has 0 aromatic heterocycles. The lowest BCUT2D eigenvalue weighted by Crippen LogP contribution is -2.35. The van der Waals surface area contributed by atoms with Crippen LogP contribution >= 0.6 is 0 Å². The summed E-state index contributed by atoms with van der Waals surface area (Å²) in [5, 5.41) is 11.6. The number of carboxylic acids is 1. The third kappa shape index (κ3) is 4.27. The van der Waals surface area contributed by atoms with Crippen LogP contribution in [0.15, 0.2) is 24.3 Å². The fourth-order valence-electron chi connectivity index (χ4n) is 2.23. The maximum atomic E-state index is 11.9. The van der Waals surface area contributed by atoms with Gasteiger partial charge in [0.2, 0.25) is 5.91 Å². The number of amides is 1. The van der Waals surface area contributed by atoms with Crippen LogP contribution in [0.5, 0.6) is 0 Å². The van der Waals surface area contributed by atoms with Crippen LogP contribution in [0, 0.1) is 0 Å². The third-order valence-corrected chi connectivity index (χ3v) is 3.39. The molecule has 21 heavy (non-hydrogen) atoms. The van der Waals surface area contributed by atoms with Crippen LogP contribution in [-0.2, 0) is 32.2 Å². The monoisotopic (exact) mass is 293 g/mol. The van der Waals surface area contributed by atoms with Crippen molar-refractivity contribution in [2.45, 2.75) is 38.2 Å². The topological polar surface area (TPSA) is 84.9 Å². The Kier molecular flexibility index (Phi) is 5.30. The largest absolute Gasteiger partial charge is 0.479 e. The summed E-state index contributed by atoms with van der Waals surface area (Å²) in [4.78, 5) is 22.7. The summed E-state index contributed by atoms with van der Waals surface area (Å²) in [7, 11) is 1.64. The van der Waals surface area contributed by atoms with E-state index in [1.807, 2.05) is 24.3 Å². The van der Waals surface area contributed by atoms with Crippen LogP contribution in [-0.4, -0.2) is 36.3 Å². The number of carbonyl (C=O) groups excluding carboxylic acids is 1. The Labute approximate surface area is 123 Å². The van der Waals surface area contributed by atoms with E-state index >= 15 is 0 Å². The summed E-state index contributed by atoms with van der Waals surface area (Å²) in [5.41, 5.74) is 2.03. The van der Waals surface area contributed by atoms with Crippen molar-refractivity contribution >= 4 is 11.9 Å². The standard InChI is InChI=1S/C15H19NO5/c1-20-9-11-4-2-10(3-5-11)8-16-14(17)12-6-7-13(21-12)15(18)19/h2-5,12-13H,6-9H2,1H3,(H,16,17)(H,18,19)/t12-,13+/m0/s1. The van der Waals surface area contributed by atoms with Gasteiger partial charge in [0, 0.05) is 13.7 Å². The molecule has 0 spiro atoms. The summed E-state index contributed by atoms with van der Waals surface area (Å²) >= 11 is 0. The van der Waals surface area contributed by atoms with Gasteiger partial charge in [-0.15, -0.1) is 0 Å². The number of methoxy groups -OCH3 is 1. The molecule has 1 fully saturated rings. The van der Waals surface area contributed by atoms with Crippen LogP contribution in [0.3, 0.4) is 0 Å². The highest BCUT2D eigenvalue weighted by atomic mass is 16.5. The Balaban J connectivity index is 1.80. The van der Waals surface area contributed by atoms with Crippen molar-refractivity contribution in [3.8, 4) is 0 Å². The van der Waals surface area contributed by atoms with Crippen LogP contribution in [0.4, 0.5) is 0 Å². The fourth-order valence-corrected chi connectivity index (χ4v) is 2.23. The zero-order valence-electron chi connectivity index (χ0n) is 11.9. The van der Waals surface area contributed by atoms with Crippen LogP contribution < -0.4 is 5.32 Å². The molecule has 2 atom stereocenters. The number of carboxylic acid groups (broad SMARTS) is 1. The van der Waals surface area contributed by atoms with Crippen molar-refractivity contribution < 1.29 is 24.2 Å². The molecule has 0 aliphatic carbocycles. The average molecular weight is 293 g/mol. The molecule has 0 saturated carbocycles. The highest BCUT2D eigenvalue weighted by Gasteiger charge is 2.34. The molecule has 1 aliphatic rings. The fraction of sp³-hybridized carbons (Fsp3) is 0.467. The van der Waals surface area contributed by atoms with E-state index in [-0.39, 0.29) is 5.91 Å². The first-order chi connectivity index (χ1) is 10.1. The highest BCUT2D eigenvalue weighted by Crippen LogP contribution is 2.20. The van der Waals surface area contributed by atoms with Gasteiger partial charge in [0.15, 0.2) is 6.10 Å². The third-order valence-electron chi connectivity index (χ3n) is 3.39. The van der Waals surface area contributed by atoms with E-state index < -0.39 is 18.2 Å². The number of aliphatic carboxylic acids is 1. The van der Waals surface area contributed by atoms with Crippen molar-refractivity contribution in [2.24, 2.45) is 0 Å². The smallest absolute Gasteiger partial charge is 0.332 e. The first kappa shape index (κ1) is 15.5. The molecule has 1 heterocycles. The zero-order chi connectivity index (χ0) is 15.2. The van der Waals surface area contributed by atoms with Gasteiger partial charge in [0.25, 0.3) is 0 Å². The number of ether oxygens (including phenoxy) is 2. The molecular formula is C15H19NO5. The van der Waals surface area contributed by atoms with Gasteiger partial charge < -0.3 is 19.9 Å². The second-order valence-corrected chi connectivity index (χ2v) is 5.00. The molecule has 1 saturated heterocycles. The molecule has 114 valence electrons. The molecule has 0 unspecified atom stereocenters. The first-order valence-electron chi connectivity index (χ1n) is 6.83. The summed E-state index contributed by atoms with van der Waals surface area (Å²) in [6, 6.07) is 7.73. The summed E-state index contributed by atoms with van der Waals surface area (Å²) < 4.78 is 10.2. The second kappa shape index (κ2) is 7.19. The predicted molar refractivity (Wildman–Crippen MR) is 74.5 cm³/mol. The van der Waals surface area contributed by atoms with E-state index in [0.29, 0.717) is 26.0 Å². The van der Waals surface area contributed by atoms with Crippen molar-refractivity contribution in [3.05, 3.63) is 35.4 Å². The number of hydrogen-bond donors (Lipinski definition) is 2. The number of benzene rings is 1. The lowest BCUT2D eigenvalue weighted by Gasteiger charge is -2.12. The van der Waals surface area contributed by atoms with E-state index in [2.05, 4.69) is 5.32 Å². The van der Waals surface area contributed by atoms with Crippen molar-refractivity contribution in [1.82, 2.24) is 5.32 Å². The zero-order valence-corrected chi connectivity index (χ0v) is 11.9. The maximum absolute atomic E-state index is 11.9. The van der Waals surface area contributed by atoms with E-state index in [4.69, 9.17) is 14.6 Å². The summed E-state index contributed by atoms with van der Waals surface area (Å²) in [6.07, 6.45) is -0.720. The van der Waals surface area contributed by atoms with Gasteiger partial charge in [-0.05, 0) is 24.0 Å². The van der Waals surface area contributed by atoms with E-state index in [1.165, 1.54) is 0 Å². The minimum atomic E-state index is -1.01. The molecule has 6 heteroatoms. The van der Waals surface area contributed by atoms with Gasteiger partial charge in [-0.3, -0.25) is 4.79 Å². The number of carbonyl (C=O) groups is 2. The van der Waals surface area contributed by atoms with Crippen molar-refractivity contribution in [1.29, 1.82) is 0 Å². The van der Waals surface area contributed by atoms with E-state index in [0.717, 1.165) is 11.1 Å². The molecule has 2 rings (SSSR count). The molecule has 2 N–H and O–H groups in total. The normalized spacial score (nSPS) is 21.2. The molecule has 1 amide bonds. The average Bonchev–Trinajstić information content (AvgIpc) is 2.97. The Morgan fingerprint density at radius 2 is 1.86 bits per heavy atom. The quantitative estimate of drug-likeness (QED) is 0.820. The van der Waals surface area contributed by atoms with Gasteiger partial charge in [-0.1, -0.05) is 24.3 Å². The Bertz CT molecular complexity index is 499. The lowest BCUT2D eigenvalue weighted by atomic mass is 10.1. The minimum Gasteiger partial charge on any atom is -0.479 e.